The Hall–Kier alpha value is -1.93. The number of primary amides is 1. The van der Waals surface area contributed by atoms with Crippen molar-refractivity contribution in [2.45, 2.75) is 85.8 Å². The van der Waals surface area contributed by atoms with E-state index >= 15 is 0 Å². The van der Waals surface area contributed by atoms with Gasteiger partial charge in [0, 0.05) is 25.1 Å². The first kappa shape index (κ1) is 36.1. The lowest BCUT2D eigenvalue weighted by Crippen LogP contribution is -2.46. The highest BCUT2D eigenvalue weighted by Crippen LogP contribution is 2.32. The van der Waals surface area contributed by atoms with Crippen LogP contribution in [0.25, 0.3) is 0 Å². The number of aliphatic hydroxyl groups excluding tert-OH is 2. The van der Waals surface area contributed by atoms with Gasteiger partial charge in [-0.1, -0.05) is 43.2 Å². The van der Waals surface area contributed by atoms with E-state index in [-0.39, 0.29) is 36.9 Å². The maximum atomic E-state index is 13.0. The number of rotatable bonds is 20. The van der Waals surface area contributed by atoms with Crippen molar-refractivity contribution in [3.05, 3.63) is 23.8 Å². The molecule has 1 aromatic rings. The number of ether oxygens (including phenoxy) is 2. The van der Waals surface area contributed by atoms with Gasteiger partial charge in [-0.25, -0.2) is 0 Å². The van der Waals surface area contributed by atoms with Gasteiger partial charge in [-0.2, -0.15) is 0 Å². The van der Waals surface area contributed by atoms with Gasteiger partial charge in [0.1, 0.15) is 0 Å². The number of hydrogen-bond donors (Lipinski definition) is 5. The standard InChI is InChI=1S/C30H54N3O6P/c1-19(2)22(14-21-10-11-26(38-7)27(15-21)39-13-9-8-12-34)16-24(33-40)25(35)17-23(20(3)4)28(36)32-18-30(5,6)29(31)37/h10-11,15,19-20,22-25,33-35H,8-9,12-14,16-18,40H2,1-7H3,(H2,31,37)(H,32,36)/t22-,23-,24-,25-/m0/s1. The average molecular weight is 584 g/mol. The normalized spacial score (nSPS) is 15.0. The molecule has 0 aromatic heterocycles. The molecule has 0 bridgehead atoms. The van der Waals surface area contributed by atoms with E-state index in [0.29, 0.717) is 43.3 Å². The molecule has 9 nitrogen and oxygen atoms in total. The van der Waals surface area contributed by atoms with Gasteiger partial charge in [-0.15, -0.1) is 0 Å². The Morgan fingerprint density at radius 2 is 1.75 bits per heavy atom. The van der Waals surface area contributed by atoms with Crippen LogP contribution >= 0.6 is 9.39 Å². The fourth-order valence-electron chi connectivity index (χ4n) is 4.55. The van der Waals surface area contributed by atoms with E-state index in [4.69, 9.17) is 20.3 Å². The maximum Gasteiger partial charge on any atom is 0.224 e. The van der Waals surface area contributed by atoms with Crippen LogP contribution in [0.5, 0.6) is 11.5 Å². The Balaban J connectivity index is 2.95. The number of methoxy groups -OCH3 is 1. The van der Waals surface area contributed by atoms with Crippen LogP contribution in [0.4, 0.5) is 0 Å². The predicted molar refractivity (Wildman–Crippen MR) is 163 cm³/mol. The van der Waals surface area contributed by atoms with Gasteiger partial charge >= 0.3 is 0 Å². The number of unbranched alkanes of at least 4 members (excludes halogenated alkanes) is 1. The van der Waals surface area contributed by atoms with Crippen molar-refractivity contribution in [3.63, 3.8) is 0 Å². The molecule has 0 spiro atoms. The summed E-state index contributed by atoms with van der Waals surface area (Å²) in [5, 5.41) is 26.4. The Labute approximate surface area is 243 Å². The first-order chi connectivity index (χ1) is 18.8. The van der Waals surface area contributed by atoms with Crippen LogP contribution in [0.2, 0.25) is 0 Å². The van der Waals surface area contributed by atoms with Crippen LogP contribution in [-0.2, 0) is 16.0 Å². The van der Waals surface area contributed by atoms with Crippen molar-refractivity contribution < 1.29 is 29.3 Å². The summed E-state index contributed by atoms with van der Waals surface area (Å²) < 4.78 is 11.4. The first-order valence-corrected chi connectivity index (χ1v) is 15.0. The summed E-state index contributed by atoms with van der Waals surface area (Å²) in [6, 6.07) is 5.74. The summed E-state index contributed by atoms with van der Waals surface area (Å²) in [5.74, 6) is 0.902. The van der Waals surface area contributed by atoms with Crippen molar-refractivity contribution in [1.82, 2.24) is 10.4 Å². The van der Waals surface area contributed by atoms with Crippen LogP contribution in [-0.4, -0.2) is 61.0 Å². The molecule has 0 radical (unpaired) electrons. The van der Waals surface area contributed by atoms with E-state index in [1.165, 1.54) is 0 Å². The molecule has 40 heavy (non-hydrogen) atoms. The zero-order valence-corrected chi connectivity index (χ0v) is 26.7. The number of aliphatic hydroxyl groups is 2. The molecule has 0 aliphatic heterocycles. The maximum absolute atomic E-state index is 13.0. The third-order valence-corrected chi connectivity index (χ3v) is 8.15. The van der Waals surface area contributed by atoms with Gasteiger partial charge < -0.3 is 30.7 Å². The molecule has 0 saturated carbocycles. The minimum absolute atomic E-state index is 0.00694. The molecule has 10 heteroatoms. The summed E-state index contributed by atoms with van der Waals surface area (Å²) in [6.07, 6.45) is 2.50. The van der Waals surface area contributed by atoms with Gasteiger partial charge in [-0.3, -0.25) is 14.7 Å². The first-order valence-electron chi connectivity index (χ1n) is 14.4. The summed E-state index contributed by atoms with van der Waals surface area (Å²) in [5.41, 5.74) is 5.71. The largest absolute Gasteiger partial charge is 0.493 e. The van der Waals surface area contributed by atoms with Gasteiger partial charge in [0.05, 0.1) is 25.2 Å². The summed E-state index contributed by atoms with van der Waals surface area (Å²) >= 11 is 0. The monoisotopic (exact) mass is 583 g/mol. The van der Waals surface area contributed by atoms with Crippen LogP contribution in [0.15, 0.2) is 18.2 Å². The van der Waals surface area contributed by atoms with E-state index in [0.717, 1.165) is 18.4 Å². The smallest absolute Gasteiger partial charge is 0.224 e. The highest BCUT2D eigenvalue weighted by molar-refractivity contribution is 7.13. The predicted octanol–water partition coefficient (Wildman–Crippen LogP) is 3.45. The van der Waals surface area contributed by atoms with E-state index in [1.807, 2.05) is 32.0 Å². The van der Waals surface area contributed by atoms with Crippen molar-refractivity contribution >= 4 is 21.2 Å². The SMILES string of the molecule is COc1ccc(C[C@@H](C[C@H](NP)[C@@H](O)C[C@H](C(=O)NCC(C)(C)C(N)=O)C(C)C)C(C)C)cc1OCCCCO. The number of amides is 2. The number of nitrogens with one attached hydrogen (secondary N) is 2. The quantitative estimate of drug-likeness (QED) is 0.117. The van der Waals surface area contributed by atoms with Crippen LogP contribution in [0.1, 0.15) is 72.8 Å². The molecule has 0 fully saturated rings. The lowest BCUT2D eigenvalue weighted by atomic mass is 9.80. The Kier molecular flexibility index (Phi) is 16.1. The highest BCUT2D eigenvalue weighted by atomic mass is 31.0. The zero-order valence-electron chi connectivity index (χ0n) is 25.5. The fourth-order valence-corrected chi connectivity index (χ4v) is 4.90. The third kappa shape index (κ3) is 11.9. The molecule has 1 rings (SSSR count). The molecule has 1 unspecified atom stereocenters. The summed E-state index contributed by atoms with van der Waals surface area (Å²) in [4.78, 5) is 24.7. The number of hydrogen-bond acceptors (Lipinski definition) is 7. The molecule has 0 heterocycles. The number of benzene rings is 1. The average Bonchev–Trinajstić information content (AvgIpc) is 2.90. The molecular formula is C30H54N3O6P. The highest BCUT2D eigenvalue weighted by Gasteiger charge is 2.32. The molecule has 230 valence electrons. The second kappa shape index (κ2) is 17.8. The van der Waals surface area contributed by atoms with E-state index in [1.54, 1.807) is 21.0 Å². The fraction of sp³-hybridized carbons (Fsp3) is 0.733. The minimum Gasteiger partial charge on any atom is -0.493 e. The molecule has 0 aliphatic rings. The lowest BCUT2D eigenvalue weighted by Gasteiger charge is -2.32. The molecule has 6 N–H and O–H groups in total. The van der Waals surface area contributed by atoms with E-state index < -0.39 is 23.3 Å². The second-order valence-electron chi connectivity index (χ2n) is 12.1. The lowest BCUT2D eigenvalue weighted by molar-refractivity contribution is -0.130. The number of carbonyl (C=O) groups excluding carboxylic acids is 2. The van der Waals surface area contributed by atoms with Crippen molar-refractivity contribution in [3.8, 4) is 11.5 Å². The van der Waals surface area contributed by atoms with Gasteiger partial charge in [-0.05, 0) is 81.4 Å². The van der Waals surface area contributed by atoms with Crippen molar-refractivity contribution in [2.24, 2.45) is 34.8 Å². The minimum atomic E-state index is -0.851. The van der Waals surface area contributed by atoms with E-state index in [9.17, 15) is 14.7 Å². The molecule has 1 aromatic carbocycles. The van der Waals surface area contributed by atoms with Gasteiger partial charge in [0.15, 0.2) is 11.5 Å². The van der Waals surface area contributed by atoms with E-state index in [2.05, 4.69) is 33.6 Å². The Bertz CT molecular complexity index is 911. The van der Waals surface area contributed by atoms with Crippen molar-refractivity contribution in [2.75, 3.05) is 26.9 Å². The number of carbonyl (C=O) groups is 2. The molecule has 5 atom stereocenters. The Morgan fingerprint density at radius 3 is 2.27 bits per heavy atom. The van der Waals surface area contributed by atoms with Crippen molar-refractivity contribution in [1.29, 1.82) is 0 Å². The molecule has 0 saturated heterocycles. The zero-order chi connectivity index (χ0) is 30.5. The van der Waals surface area contributed by atoms with Crippen LogP contribution < -0.4 is 25.6 Å². The molecule has 0 aliphatic carbocycles. The summed E-state index contributed by atoms with van der Waals surface area (Å²) in [6.45, 7) is 12.5. The summed E-state index contributed by atoms with van der Waals surface area (Å²) in [7, 11) is 4.14. The van der Waals surface area contributed by atoms with Crippen LogP contribution in [0.3, 0.4) is 0 Å². The van der Waals surface area contributed by atoms with Crippen LogP contribution in [0, 0.1) is 29.1 Å². The Morgan fingerprint density at radius 1 is 1.07 bits per heavy atom. The second-order valence-corrected chi connectivity index (χ2v) is 12.4. The third-order valence-electron chi connectivity index (χ3n) is 7.72. The van der Waals surface area contributed by atoms with Gasteiger partial charge in [0.25, 0.3) is 0 Å². The topological polar surface area (TPSA) is 143 Å². The molecular weight excluding hydrogens is 529 g/mol. The van der Waals surface area contributed by atoms with Gasteiger partial charge in [0.2, 0.25) is 11.8 Å². The number of nitrogens with two attached hydrogens (primary N) is 1. The molecule has 2 amide bonds.